The molecule has 0 saturated carbocycles. The van der Waals surface area contributed by atoms with Crippen molar-refractivity contribution in [1.82, 2.24) is 5.32 Å². The zero-order valence-corrected chi connectivity index (χ0v) is 9.01. The Bertz CT molecular complexity index is 351. The van der Waals surface area contributed by atoms with Gasteiger partial charge >= 0.3 is 0 Å². The standard InChI is InChI=1S/C12H15F2NO/c13-10-1-2-12(14)9(7-10)8-15-11-3-5-16-6-4-11/h1-2,7,11,15H,3-6,8H2. The summed E-state index contributed by atoms with van der Waals surface area (Å²) in [5.74, 6) is -0.758. The van der Waals surface area contributed by atoms with Crippen molar-refractivity contribution in [2.45, 2.75) is 25.4 Å². The number of hydrogen-bond acceptors (Lipinski definition) is 2. The van der Waals surface area contributed by atoms with Gasteiger partial charge in [0, 0.05) is 31.4 Å². The summed E-state index contributed by atoms with van der Waals surface area (Å²) in [4.78, 5) is 0. The van der Waals surface area contributed by atoms with E-state index in [1.807, 2.05) is 0 Å². The highest BCUT2D eigenvalue weighted by atomic mass is 19.1. The van der Waals surface area contributed by atoms with E-state index < -0.39 is 5.82 Å². The molecule has 0 unspecified atom stereocenters. The molecule has 0 bridgehead atoms. The van der Waals surface area contributed by atoms with Crippen LogP contribution in [0.1, 0.15) is 18.4 Å². The Hall–Kier alpha value is -1.00. The van der Waals surface area contributed by atoms with Crippen LogP contribution in [0, 0.1) is 11.6 Å². The summed E-state index contributed by atoms with van der Waals surface area (Å²) >= 11 is 0. The van der Waals surface area contributed by atoms with Gasteiger partial charge in [0.1, 0.15) is 11.6 Å². The van der Waals surface area contributed by atoms with E-state index in [0.29, 0.717) is 18.2 Å². The van der Waals surface area contributed by atoms with Crippen molar-refractivity contribution in [3.63, 3.8) is 0 Å². The molecule has 16 heavy (non-hydrogen) atoms. The van der Waals surface area contributed by atoms with Crippen molar-refractivity contribution in [2.75, 3.05) is 13.2 Å². The third-order valence-corrected chi connectivity index (χ3v) is 2.81. The van der Waals surface area contributed by atoms with Crippen LogP contribution in [-0.4, -0.2) is 19.3 Å². The first-order chi connectivity index (χ1) is 7.75. The highest BCUT2D eigenvalue weighted by Crippen LogP contribution is 2.11. The monoisotopic (exact) mass is 227 g/mol. The molecule has 1 heterocycles. The Morgan fingerprint density at radius 1 is 1.25 bits per heavy atom. The number of halogens is 2. The van der Waals surface area contributed by atoms with Crippen LogP contribution in [0.15, 0.2) is 18.2 Å². The lowest BCUT2D eigenvalue weighted by Crippen LogP contribution is -2.34. The van der Waals surface area contributed by atoms with Crippen LogP contribution in [0.5, 0.6) is 0 Å². The van der Waals surface area contributed by atoms with Gasteiger partial charge in [-0.1, -0.05) is 0 Å². The fourth-order valence-corrected chi connectivity index (χ4v) is 1.83. The lowest BCUT2D eigenvalue weighted by Gasteiger charge is -2.23. The van der Waals surface area contributed by atoms with Gasteiger partial charge in [0.05, 0.1) is 0 Å². The lowest BCUT2D eigenvalue weighted by atomic mass is 10.1. The van der Waals surface area contributed by atoms with Crippen LogP contribution in [0.3, 0.4) is 0 Å². The molecule has 2 nitrogen and oxygen atoms in total. The molecule has 2 rings (SSSR count). The molecule has 4 heteroatoms. The number of nitrogens with one attached hydrogen (secondary N) is 1. The normalized spacial score (nSPS) is 17.6. The minimum absolute atomic E-state index is 0.344. The molecule has 0 aromatic heterocycles. The summed E-state index contributed by atoms with van der Waals surface area (Å²) in [7, 11) is 0. The Balaban J connectivity index is 1.90. The highest BCUT2D eigenvalue weighted by Gasteiger charge is 2.13. The third kappa shape index (κ3) is 3.00. The predicted octanol–water partition coefficient (Wildman–Crippen LogP) is 2.23. The Kier molecular flexibility index (Phi) is 3.85. The summed E-state index contributed by atoms with van der Waals surface area (Å²) in [6.45, 7) is 1.85. The van der Waals surface area contributed by atoms with Crippen LogP contribution >= 0.6 is 0 Å². The molecule has 0 radical (unpaired) electrons. The number of ether oxygens (including phenoxy) is 1. The molecule has 0 amide bonds. The average Bonchev–Trinajstić information content (AvgIpc) is 2.32. The van der Waals surface area contributed by atoms with Gasteiger partial charge < -0.3 is 10.1 Å². The molecule has 1 fully saturated rings. The smallest absolute Gasteiger partial charge is 0.127 e. The van der Waals surface area contributed by atoms with Gasteiger partial charge in [-0.25, -0.2) is 8.78 Å². The van der Waals surface area contributed by atoms with E-state index in [2.05, 4.69) is 5.32 Å². The van der Waals surface area contributed by atoms with Crippen molar-refractivity contribution < 1.29 is 13.5 Å². The maximum Gasteiger partial charge on any atom is 0.127 e. The zero-order chi connectivity index (χ0) is 11.4. The minimum Gasteiger partial charge on any atom is -0.381 e. The first-order valence-electron chi connectivity index (χ1n) is 5.51. The van der Waals surface area contributed by atoms with Gasteiger partial charge in [0.2, 0.25) is 0 Å². The van der Waals surface area contributed by atoms with Crippen LogP contribution < -0.4 is 5.32 Å². The second-order valence-corrected chi connectivity index (χ2v) is 4.00. The van der Waals surface area contributed by atoms with Crippen LogP contribution in [0.25, 0.3) is 0 Å². The summed E-state index contributed by atoms with van der Waals surface area (Å²) in [5, 5.41) is 3.22. The molecule has 0 aliphatic carbocycles. The summed E-state index contributed by atoms with van der Waals surface area (Å²) in [6, 6.07) is 3.88. The Morgan fingerprint density at radius 3 is 2.75 bits per heavy atom. The quantitative estimate of drug-likeness (QED) is 0.855. The molecule has 1 aliphatic rings. The summed E-state index contributed by atoms with van der Waals surface area (Å²) in [5.41, 5.74) is 0.381. The molecule has 1 aliphatic heterocycles. The maximum absolute atomic E-state index is 13.3. The molecule has 0 atom stereocenters. The van der Waals surface area contributed by atoms with E-state index in [0.717, 1.165) is 38.2 Å². The van der Waals surface area contributed by atoms with E-state index in [4.69, 9.17) is 4.74 Å². The van der Waals surface area contributed by atoms with Crippen molar-refractivity contribution in [2.24, 2.45) is 0 Å². The Labute approximate surface area is 93.6 Å². The van der Waals surface area contributed by atoms with E-state index in [-0.39, 0.29) is 5.82 Å². The predicted molar refractivity (Wildman–Crippen MR) is 57.0 cm³/mol. The van der Waals surface area contributed by atoms with E-state index in [1.165, 1.54) is 6.07 Å². The molecule has 0 spiro atoms. The molecule has 1 N–H and O–H groups in total. The minimum atomic E-state index is -0.398. The maximum atomic E-state index is 13.3. The first-order valence-corrected chi connectivity index (χ1v) is 5.51. The molecular weight excluding hydrogens is 212 g/mol. The third-order valence-electron chi connectivity index (χ3n) is 2.81. The fourth-order valence-electron chi connectivity index (χ4n) is 1.83. The van der Waals surface area contributed by atoms with Crippen molar-refractivity contribution in [3.05, 3.63) is 35.4 Å². The lowest BCUT2D eigenvalue weighted by molar-refractivity contribution is 0.0775. The van der Waals surface area contributed by atoms with Crippen LogP contribution in [0.2, 0.25) is 0 Å². The van der Waals surface area contributed by atoms with Crippen molar-refractivity contribution >= 4 is 0 Å². The van der Waals surface area contributed by atoms with Gasteiger partial charge in [0.25, 0.3) is 0 Å². The van der Waals surface area contributed by atoms with Gasteiger partial charge in [-0.15, -0.1) is 0 Å². The van der Waals surface area contributed by atoms with Crippen molar-refractivity contribution in [1.29, 1.82) is 0 Å². The number of benzene rings is 1. The van der Waals surface area contributed by atoms with E-state index >= 15 is 0 Å². The van der Waals surface area contributed by atoms with Gasteiger partial charge in [0.15, 0.2) is 0 Å². The summed E-state index contributed by atoms with van der Waals surface area (Å²) < 4.78 is 31.4. The molecule has 88 valence electrons. The fraction of sp³-hybridized carbons (Fsp3) is 0.500. The van der Waals surface area contributed by atoms with E-state index in [1.54, 1.807) is 0 Å². The molecule has 1 aromatic rings. The van der Waals surface area contributed by atoms with Gasteiger partial charge in [-0.05, 0) is 31.0 Å². The highest BCUT2D eigenvalue weighted by molar-refractivity contribution is 5.18. The van der Waals surface area contributed by atoms with Crippen LogP contribution in [0.4, 0.5) is 8.78 Å². The average molecular weight is 227 g/mol. The SMILES string of the molecule is Fc1ccc(F)c(CNC2CCOCC2)c1. The Morgan fingerprint density at radius 2 is 2.00 bits per heavy atom. The topological polar surface area (TPSA) is 21.3 Å². The second-order valence-electron chi connectivity index (χ2n) is 4.00. The van der Waals surface area contributed by atoms with E-state index in [9.17, 15) is 8.78 Å². The summed E-state index contributed by atoms with van der Waals surface area (Å²) in [6.07, 6.45) is 1.86. The molecular formula is C12H15F2NO. The van der Waals surface area contributed by atoms with Crippen LogP contribution in [-0.2, 0) is 11.3 Å². The largest absolute Gasteiger partial charge is 0.381 e. The van der Waals surface area contributed by atoms with Gasteiger partial charge in [-0.3, -0.25) is 0 Å². The second kappa shape index (κ2) is 5.37. The number of rotatable bonds is 3. The number of hydrogen-bond donors (Lipinski definition) is 1. The molecule has 1 saturated heterocycles. The van der Waals surface area contributed by atoms with Gasteiger partial charge in [-0.2, -0.15) is 0 Å². The molecule has 1 aromatic carbocycles. The van der Waals surface area contributed by atoms with Crippen molar-refractivity contribution in [3.8, 4) is 0 Å². The zero-order valence-electron chi connectivity index (χ0n) is 9.01. The first kappa shape index (κ1) is 11.5.